The van der Waals surface area contributed by atoms with Crippen molar-refractivity contribution in [1.29, 1.82) is 0 Å². The van der Waals surface area contributed by atoms with Gasteiger partial charge in [-0.25, -0.2) is 0 Å². The summed E-state index contributed by atoms with van der Waals surface area (Å²) in [6.45, 7) is 1.41. The number of ketones is 1. The predicted molar refractivity (Wildman–Crippen MR) is 89.3 cm³/mol. The number of rotatable bonds is 5. The third-order valence-electron chi connectivity index (χ3n) is 3.85. The third-order valence-corrected chi connectivity index (χ3v) is 3.85. The van der Waals surface area contributed by atoms with E-state index < -0.39 is 11.8 Å². The summed E-state index contributed by atoms with van der Waals surface area (Å²) in [6.07, 6.45) is 1.40. The number of carbonyl (C=O) groups is 4. The van der Waals surface area contributed by atoms with Gasteiger partial charge in [-0.2, -0.15) is 0 Å². The van der Waals surface area contributed by atoms with E-state index in [1.165, 1.54) is 19.2 Å². The smallest absolute Gasteiger partial charge is 0.280 e. The molecule has 0 fully saturated rings. The molecule has 1 aromatic carbocycles. The number of hydrogen-bond acceptors (Lipinski definition) is 5. The molecule has 0 saturated heterocycles. The van der Waals surface area contributed by atoms with Gasteiger partial charge < -0.3 is 5.32 Å². The van der Waals surface area contributed by atoms with Gasteiger partial charge in [-0.15, -0.1) is 0 Å². The zero-order valence-corrected chi connectivity index (χ0v) is 13.5. The van der Waals surface area contributed by atoms with E-state index in [0.717, 1.165) is 4.90 Å². The van der Waals surface area contributed by atoms with Gasteiger partial charge in [0.05, 0.1) is 5.56 Å². The Labute approximate surface area is 143 Å². The number of anilines is 1. The molecule has 1 N–H and O–H groups in total. The zero-order valence-electron chi connectivity index (χ0n) is 13.5. The number of nitrogens with zero attached hydrogens (tertiary/aromatic N) is 2. The summed E-state index contributed by atoms with van der Waals surface area (Å²) in [5, 5.41) is 2.66. The Bertz CT molecular complexity index is 856. The fraction of sp³-hybridized carbons (Fsp3) is 0.167. The molecule has 3 amide bonds. The Kier molecular flexibility index (Phi) is 4.38. The van der Waals surface area contributed by atoms with Crippen LogP contribution in [0.25, 0.3) is 0 Å². The lowest BCUT2D eigenvalue weighted by Crippen LogP contribution is -2.33. The Balaban J connectivity index is 1.62. The zero-order chi connectivity index (χ0) is 18.0. The molecule has 7 nitrogen and oxygen atoms in total. The number of aromatic nitrogens is 1. The highest BCUT2D eigenvalue weighted by molar-refractivity contribution is 6.20. The molecule has 0 bridgehead atoms. The van der Waals surface area contributed by atoms with Gasteiger partial charge in [0.15, 0.2) is 5.78 Å². The van der Waals surface area contributed by atoms with E-state index >= 15 is 0 Å². The monoisotopic (exact) mass is 337 g/mol. The van der Waals surface area contributed by atoms with Gasteiger partial charge in [0.1, 0.15) is 5.69 Å². The van der Waals surface area contributed by atoms with Crippen molar-refractivity contribution in [3.8, 4) is 0 Å². The minimum atomic E-state index is -0.494. The second kappa shape index (κ2) is 6.64. The molecule has 0 aliphatic carbocycles. The van der Waals surface area contributed by atoms with Gasteiger partial charge in [-0.05, 0) is 31.2 Å². The van der Waals surface area contributed by atoms with E-state index in [9.17, 15) is 19.2 Å². The highest BCUT2D eigenvalue weighted by Gasteiger charge is 2.36. The van der Waals surface area contributed by atoms with Crippen LogP contribution in [0.2, 0.25) is 0 Å². The van der Waals surface area contributed by atoms with Gasteiger partial charge in [-0.1, -0.05) is 12.1 Å². The van der Waals surface area contributed by atoms with Crippen molar-refractivity contribution < 1.29 is 19.2 Å². The molecule has 1 aliphatic heterocycles. The number of nitrogens with one attached hydrogen (secondary N) is 1. The molecule has 0 unspecified atom stereocenters. The maximum absolute atomic E-state index is 12.2. The molecule has 0 spiro atoms. The highest BCUT2D eigenvalue weighted by atomic mass is 16.2. The van der Waals surface area contributed by atoms with Crippen LogP contribution in [0.1, 0.15) is 44.5 Å². The lowest BCUT2D eigenvalue weighted by molar-refractivity contribution is -0.116. The van der Waals surface area contributed by atoms with Gasteiger partial charge in [0.2, 0.25) is 5.91 Å². The number of hydrogen-bond donors (Lipinski definition) is 1. The molecular weight excluding hydrogens is 322 g/mol. The first-order valence-electron chi connectivity index (χ1n) is 7.69. The number of pyridine rings is 1. The van der Waals surface area contributed by atoms with Crippen LogP contribution < -0.4 is 5.32 Å². The number of fused-ring (bicyclic) bond motifs is 1. The minimum absolute atomic E-state index is 0.0355. The molecule has 0 atom stereocenters. The van der Waals surface area contributed by atoms with Crippen LogP contribution >= 0.6 is 0 Å². The van der Waals surface area contributed by atoms with Crippen molar-refractivity contribution in [2.45, 2.75) is 13.3 Å². The summed E-state index contributed by atoms with van der Waals surface area (Å²) >= 11 is 0. The van der Waals surface area contributed by atoms with Gasteiger partial charge in [0, 0.05) is 30.4 Å². The Hall–Kier alpha value is -3.35. The molecule has 7 heteroatoms. The lowest BCUT2D eigenvalue weighted by atomic mass is 10.1. The van der Waals surface area contributed by atoms with Crippen LogP contribution in [0.15, 0.2) is 42.6 Å². The maximum Gasteiger partial charge on any atom is 0.280 e. The average molecular weight is 337 g/mol. The molecular formula is C18H15N3O4. The number of benzene rings is 1. The van der Waals surface area contributed by atoms with Crippen molar-refractivity contribution in [2.24, 2.45) is 0 Å². The summed E-state index contributed by atoms with van der Waals surface area (Å²) in [5.74, 6) is -1.40. The van der Waals surface area contributed by atoms with Gasteiger partial charge >= 0.3 is 0 Å². The molecule has 126 valence electrons. The van der Waals surface area contributed by atoms with Crippen LogP contribution in [0.3, 0.4) is 0 Å². The molecule has 2 aromatic rings. The van der Waals surface area contributed by atoms with Crippen LogP contribution in [0, 0.1) is 0 Å². The van der Waals surface area contributed by atoms with E-state index in [2.05, 4.69) is 10.3 Å². The summed E-state index contributed by atoms with van der Waals surface area (Å²) in [4.78, 5) is 52.7. The van der Waals surface area contributed by atoms with E-state index in [0.29, 0.717) is 11.3 Å². The van der Waals surface area contributed by atoms with E-state index in [1.54, 1.807) is 30.3 Å². The number of amides is 3. The average Bonchev–Trinajstić information content (AvgIpc) is 2.85. The van der Waals surface area contributed by atoms with Gasteiger partial charge in [-0.3, -0.25) is 29.1 Å². The first-order chi connectivity index (χ1) is 12.0. The minimum Gasteiger partial charge on any atom is -0.326 e. The molecule has 1 aliphatic rings. The van der Waals surface area contributed by atoms with E-state index in [-0.39, 0.29) is 35.9 Å². The molecule has 25 heavy (non-hydrogen) atoms. The first kappa shape index (κ1) is 16.5. The van der Waals surface area contributed by atoms with Crippen LogP contribution in [0.4, 0.5) is 5.69 Å². The molecule has 2 heterocycles. The van der Waals surface area contributed by atoms with E-state index in [1.807, 2.05) is 0 Å². The lowest BCUT2D eigenvalue weighted by Gasteiger charge is -2.13. The van der Waals surface area contributed by atoms with Gasteiger partial charge in [0.25, 0.3) is 11.8 Å². The largest absolute Gasteiger partial charge is 0.326 e. The summed E-state index contributed by atoms with van der Waals surface area (Å²) in [7, 11) is 0. The first-order valence-corrected chi connectivity index (χ1v) is 7.69. The third kappa shape index (κ3) is 3.30. The summed E-state index contributed by atoms with van der Waals surface area (Å²) < 4.78 is 0. The fourth-order valence-electron chi connectivity index (χ4n) is 2.57. The molecule has 0 radical (unpaired) electrons. The SMILES string of the molecule is CC(=O)c1cccc(NC(=O)CCN2C(=O)c3cccnc3C2=O)c1. The molecule has 0 saturated carbocycles. The van der Waals surface area contributed by atoms with Crippen LogP contribution in [-0.2, 0) is 4.79 Å². The normalized spacial score (nSPS) is 12.9. The van der Waals surface area contributed by atoms with Crippen LogP contribution in [0.5, 0.6) is 0 Å². The Morgan fingerprint density at radius 2 is 1.92 bits per heavy atom. The number of Topliss-reactive ketones (excluding diaryl/α,β-unsaturated/α-hetero) is 1. The maximum atomic E-state index is 12.2. The van der Waals surface area contributed by atoms with E-state index in [4.69, 9.17) is 0 Å². The summed E-state index contributed by atoms with van der Waals surface area (Å²) in [5.41, 5.74) is 1.34. The molecule has 1 aromatic heterocycles. The topological polar surface area (TPSA) is 96.4 Å². The Morgan fingerprint density at radius 1 is 1.12 bits per heavy atom. The molecule has 3 rings (SSSR count). The number of carbonyl (C=O) groups excluding carboxylic acids is 4. The van der Waals surface area contributed by atoms with Crippen molar-refractivity contribution >= 4 is 29.2 Å². The quantitative estimate of drug-likeness (QED) is 0.664. The van der Waals surface area contributed by atoms with Crippen molar-refractivity contribution in [2.75, 3.05) is 11.9 Å². The highest BCUT2D eigenvalue weighted by Crippen LogP contribution is 2.20. The predicted octanol–water partition coefficient (Wildman–Crippen LogP) is 1.91. The standard InChI is InChI=1S/C18H15N3O4/c1-11(22)12-4-2-5-13(10-12)20-15(23)7-9-21-17(24)14-6-3-8-19-16(14)18(21)25/h2-6,8,10H,7,9H2,1H3,(H,20,23). The summed E-state index contributed by atoms with van der Waals surface area (Å²) in [6, 6.07) is 9.69. The van der Waals surface area contributed by atoms with Crippen molar-refractivity contribution in [3.63, 3.8) is 0 Å². The fourth-order valence-corrected chi connectivity index (χ4v) is 2.57. The second-order valence-corrected chi connectivity index (χ2v) is 5.60. The number of imide groups is 1. The second-order valence-electron chi connectivity index (χ2n) is 5.60. The van der Waals surface area contributed by atoms with Crippen molar-refractivity contribution in [1.82, 2.24) is 9.88 Å². The Morgan fingerprint density at radius 3 is 2.64 bits per heavy atom. The van der Waals surface area contributed by atoms with Crippen LogP contribution in [-0.4, -0.2) is 39.9 Å². The van der Waals surface area contributed by atoms with Crippen molar-refractivity contribution in [3.05, 3.63) is 59.4 Å².